The minimum atomic E-state index is -4.36. The maximum Gasteiger partial charge on any atom is 0.340 e. The second kappa shape index (κ2) is 9.64. The molecule has 0 aromatic rings. The van der Waals surface area contributed by atoms with Gasteiger partial charge in [0.25, 0.3) is 0 Å². The summed E-state index contributed by atoms with van der Waals surface area (Å²) in [6, 6.07) is 0. The summed E-state index contributed by atoms with van der Waals surface area (Å²) in [7, 11) is 0. The van der Waals surface area contributed by atoms with E-state index in [0.29, 0.717) is 0 Å². The molecule has 0 saturated carbocycles. The number of ether oxygens (including phenoxy) is 2. The fourth-order valence-electron chi connectivity index (χ4n) is 2.24. The first-order valence-electron chi connectivity index (χ1n) is 7.87. The Morgan fingerprint density at radius 1 is 1.08 bits per heavy atom. The fourth-order valence-corrected chi connectivity index (χ4v) is 2.24. The Labute approximate surface area is 138 Å². The number of alkyl halides is 4. The zero-order valence-electron chi connectivity index (χ0n) is 13.6. The molecule has 0 heterocycles. The molecule has 0 radical (unpaired) electrons. The highest BCUT2D eigenvalue weighted by Gasteiger charge is 2.42. The molecule has 0 N–H and O–H groups in total. The summed E-state index contributed by atoms with van der Waals surface area (Å²) in [5.41, 5.74) is 2.35. The minimum Gasteiger partial charge on any atom is -0.461 e. The van der Waals surface area contributed by atoms with Crippen LogP contribution in [-0.4, -0.2) is 37.5 Å². The van der Waals surface area contributed by atoms with Crippen LogP contribution in [0.1, 0.15) is 51.9 Å². The molecule has 4 nitrogen and oxygen atoms in total. The Morgan fingerprint density at radius 2 is 1.67 bits per heavy atom. The van der Waals surface area contributed by atoms with E-state index in [9.17, 15) is 27.2 Å². The molecular weight excluding hydrogens is 332 g/mol. The number of carbonyl (C=O) groups excluding carboxylic acids is 2. The van der Waals surface area contributed by atoms with E-state index in [2.05, 4.69) is 4.74 Å². The number of halogens is 4. The second-order valence-corrected chi connectivity index (χ2v) is 5.83. The smallest absolute Gasteiger partial charge is 0.340 e. The quantitative estimate of drug-likeness (QED) is 0.356. The fraction of sp³-hybridized carbons (Fsp3) is 0.750. The average molecular weight is 354 g/mol. The first kappa shape index (κ1) is 20.4. The zero-order chi connectivity index (χ0) is 18.2. The van der Waals surface area contributed by atoms with E-state index >= 15 is 0 Å². The van der Waals surface area contributed by atoms with Gasteiger partial charge in [0.1, 0.15) is 6.61 Å². The third kappa shape index (κ3) is 7.31. The number of rotatable bonds is 9. The topological polar surface area (TPSA) is 52.6 Å². The molecule has 0 bridgehead atoms. The van der Waals surface area contributed by atoms with E-state index in [0.717, 1.165) is 31.3 Å². The summed E-state index contributed by atoms with van der Waals surface area (Å²) in [6.45, 7) is 0.574. The molecule has 0 aliphatic heterocycles. The van der Waals surface area contributed by atoms with Crippen molar-refractivity contribution in [2.24, 2.45) is 0 Å². The van der Waals surface area contributed by atoms with Crippen LogP contribution < -0.4 is 0 Å². The Bertz CT molecular complexity index is 475. The summed E-state index contributed by atoms with van der Waals surface area (Å²) < 4.78 is 58.1. The maximum absolute atomic E-state index is 12.6. The van der Waals surface area contributed by atoms with Crippen LogP contribution in [0.25, 0.3) is 0 Å². The lowest BCUT2D eigenvalue weighted by molar-refractivity contribution is -0.179. The number of carbonyl (C=O) groups is 2. The molecule has 0 saturated heterocycles. The predicted molar refractivity (Wildman–Crippen MR) is 77.9 cm³/mol. The Kier molecular flexibility index (Phi) is 8.21. The Hall–Kier alpha value is -1.60. The normalized spacial score (nSPS) is 15.6. The van der Waals surface area contributed by atoms with Crippen molar-refractivity contribution in [3.63, 3.8) is 0 Å². The molecule has 1 aliphatic carbocycles. The van der Waals surface area contributed by atoms with Crippen LogP contribution in [0.2, 0.25) is 0 Å². The van der Waals surface area contributed by atoms with Crippen molar-refractivity contribution in [3.8, 4) is 0 Å². The summed E-state index contributed by atoms with van der Waals surface area (Å²) in [6.07, 6.45) is -0.0994. The van der Waals surface area contributed by atoms with Gasteiger partial charge in [0.15, 0.2) is 6.61 Å². The molecule has 138 valence electrons. The Balaban J connectivity index is 2.17. The lowest BCUT2D eigenvalue weighted by Crippen LogP contribution is -2.33. The standard InChI is InChI=1S/C16H22F4O4/c1-11-5-2-3-6-12(11)9-23-13(21)7-4-8-14(22)24-10-16(19,20)15(17)18/h15H,2-10H2,1H3. The van der Waals surface area contributed by atoms with Crippen molar-refractivity contribution in [2.75, 3.05) is 13.2 Å². The first-order chi connectivity index (χ1) is 11.2. The molecule has 0 aromatic carbocycles. The highest BCUT2D eigenvalue weighted by Crippen LogP contribution is 2.24. The Morgan fingerprint density at radius 3 is 2.25 bits per heavy atom. The molecule has 1 rings (SSSR count). The van der Waals surface area contributed by atoms with Gasteiger partial charge in [0.05, 0.1) is 0 Å². The third-order valence-electron chi connectivity index (χ3n) is 3.80. The molecule has 24 heavy (non-hydrogen) atoms. The van der Waals surface area contributed by atoms with Crippen LogP contribution in [0, 0.1) is 0 Å². The third-order valence-corrected chi connectivity index (χ3v) is 3.80. The highest BCUT2D eigenvalue weighted by atomic mass is 19.3. The van der Waals surface area contributed by atoms with Gasteiger partial charge in [-0.3, -0.25) is 9.59 Å². The van der Waals surface area contributed by atoms with Crippen molar-refractivity contribution in [3.05, 3.63) is 11.1 Å². The van der Waals surface area contributed by atoms with E-state index in [1.807, 2.05) is 6.92 Å². The second-order valence-electron chi connectivity index (χ2n) is 5.83. The van der Waals surface area contributed by atoms with Gasteiger partial charge in [-0.1, -0.05) is 5.57 Å². The average Bonchev–Trinajstić information content (AvgIpc) is 2.52. The summed E-state index contributed by atoms with van der Waals surface area (Å²) in [4.78, 5) is 22.7. The molecule has 8 heteroatoms. The van der Waals surface area contributed by atoms with Gasteiger partial charge in [-0.2, -0.15) is 8.78 Å². The lowest BCUT2D eigenvalue weighted by atomic mass is 9.93. The SMILES string of the molecule is CC1=C(COC(=O)CCCC(=O)OCC(F)(F)C(F)F)CCCC1. The highest BCUT2D eigenvalue weighted by molar-refractivity contribution is 5.72. The molecule has 0 unspecified atom stereocenters. The van der Waals surface area contributed by atoms with Gasteiger partial charge in [-0.25, -0.2) is 8.78 Å². The van der Waals surface area contributed by atoms with E-state index in [-0.39, 0.29) is 25.9 Å². The molecular formula is C16H22F4O4. The molecule has 1 aliphatic rings. The summed E-state index contributed by atoms with van der Waals surface area (Å²) in [5.74, 6) is -5.90. The number of hydrogen-bond acceptors (Lipinski definition) is 4. The van der Waals surface area contributed by atoms with Gasteiger partial charge >= 0.3 is 24.3 Å². The molecule has 0 fully saturated rings. The van der Waals surface area contributed by atoms with Crippen LogP contribution >= 0.6 is 0 Å². The van der Waals surface area contributed by atoms with Gasteiger partial charge in [-0.15, -0.1) is 0 Å². The van der Waals surface area contributed by atoms with Crippen LogP contribution in [0.4, 0.5) is 17.6 Å². The van der Waals surface area contributed by atoms with Crippen LogP contribution in [0.5, 0.6) is 0 Å². The number of hydrogen-bond donors (Lipinski definition) is 0. The van der Waals surface area contributed by atoms with Crippen LogP contribution in [-0.2, 0) is 19.1 Å². The first-order valence-corrected chi connectivity index (χ1v) is 7.87. The largest absolute Gasteiger partial charge is 0.461 e. The van der Waals surface area contributed by atoms with Gasteiger partial charge in [0, 0.05) is 12.8 Å². The van der Waals surface area contributed by atoms with Gasteiger partial charge < -0.3 is 9.47 Å². The number of esters is 2. The van der Waals surface area contributed by atoms with E-state index in [1.54, 1.807) is 0 Å². The van der Waals surface area contributed by atoms with Crippen molar-refractivity contribution in [1.82, 2.24) is 0 Å². The zero-order valence-corrected chi connectivity index (χ0v) is 13.6. The molecule has 0 amide bonds. The van der Waals surface area contributed by atoms with Crippen molar-refractivity contribution < 1.29 is 36.6 Å². The molecule has 0 spiro atoms. The lowest BCUT2D eigenvalue weighted by Gasteiger charge is -2.17. The molecule has 0 aromatic heterocycles. The van der Waals surface area contributed by atoms with Crippen LogP contribution in [0.15, 0.2) is 11.1 Å². The van der Waals surface area contributed by atoms with Gasteiger partial charge in [-0.05, 0) is 44.6 Å². The monoisotopic (exact) mass is 354 g/mol. The summed E-state index contributed by atoms with van der Waals surface area (Å²) >= 11 is 0. The maximum atomic E-state index is 12.6. The number of allylic oxidation sites excluding steroid dienone is 1. The van der Waals surface area contributed by atoms with Crippen molar-refractivity contribution in [1.29, 1.82) is 0 Å². The summed E-state index contributed by atoms with van der Waals surface area (Å²) in [5, 5.41) is 0. The van der Waals surface area contributed by atoms with Crippen molar-refractivity contribution in [2.45, 2.75) is 64.2 Å². The van der Waals surface area contributed by atoms with E-state index in [4.69, 9.17) is 4.74 Å². The predicted octanol–water partition coefficient (Wildman–Crippen LogP) is 4.03. The van der Waals surface area contributed by atoms with E-state index < -0.39 is 30.9 Å². The molecule has 0 atom stereocenters. The van der Waals surface area contributed by atoms with Gasteiger partial charge in [0.2, 0.25) is 0 Å². The van der Waals surface area contributed by atoms with Crippen LogP contribution in [0.3, 0.4) is 0 Å². The van der Waals surface area contributed by atoms with Crippen molar-refractivity contribution >= 4 is 11.9 Å². The minimum absolute atomic E-state index is 0.0515. The van der Waals surface area contributed by atoms with E-state index in [1.165, 1.54) is 5.57 Å².